The summed E-state index contributed by atoms with van der Waals surface area (Å²) >= 11 is 5.92. The molecule has 1 heterocycles. The minimum Gasteiger partial charge on any atom is -0.455 e. The number of benzene rings is 3. The summed E-state index contributed by atoms with van der Waals surface area (Å²) in [5.41, 5.74) is 8.14. The Bertz CT molecular complexity index is 1440. The van der Waals surface area contributed by atoms with Gasteiger partial charge in [-0.15, -0.1) is 0 Å². The molecule has 0 atom stereocenters. The van der Waals surface area contributed by atoms with Gasteiger partial charge in [0.15, 0.2) is 5.76 Å². The van der Waals surface area contributed by atoms with E-state index in [-0.39, 0.29) is 17.6 Å². The molecule has 0 spiro atoms. The lowest BCUT2D eigenvalue weighted by molar-refractivity contribution is 0.0953. The molecule has 0 saturated carbocycles. The third kappa shape index (κ3) is 4.95. The number of nitrogens with one attached hydrogen (secondary N) is 2. The second-order valence-electron chi connectivity index (χ2n) is 8.61. The number of carbonyl (C=O) groups is 2. The van der Waals surface area contributed by atoms with Crippen molar-refractivity contribution in [3.8, 4) is 11.1 Å². The predicted molar refractivity (Wildman–Crippen MR) is 142 cm³/mol. The van der Waals surface area contributed by atoms with Crippen LogP contribution in [0.4, 0.5) is 5.69 Å². The Morgan fingerprint density at radius 2 is 1.56 bits per heavy atom. The van der Waals surface area contributed by atoms with Gasteiger partial charge in [0.2, 0.25) is 0 Å². The van der Waals surface area contributed by atoms with Gasteiger partial charge in [0.05, 0.1) is 5.71 Å². The summed E-state index contributed by atoms with van der Waals surface area (Å²) < 4.78 is 5.94. The van der Waals surface area contributed by atoms with E-state index in [9.17, 15) is 9.59 Å². The van der Waals surface area contributed by atoms with Gasteiger partial charge in [0.25, 0.3) is 11.8 Å². The summed E-state index contributed by atoms with van der Waals surface area (Å²) in [6.45, 7) is 1.84. The van der Waals surface area contributed by atoms with Crippen molar-refractivity contribution in [3.63, 3.8) is 0 Å². The number of halogens is 1. The Labute approximate surface area is 214 Å². The first-order valence-corrected chi connectivity index (χ1v) is 12.1. The average Bonchev–Trinajstić information content (AvgIpc) is 3.26. The van der Waals surface area contributed by atoms with Crippen LogP contribution in [0, 0.1) is 6.92 Å². The molecule has 3 aromatic carbocycles. The van der Waals surface area contributed by atoms with E-state index >= 15 is 0 Å². The van der Waals surface area contributed by atoms with Crippen LogP contribution < -0.4 is 10.7 Å². The highest BCUT2D eigenvalue weighted by Gasteiger charge is 2.28. The largest absolute Gasteiger partial charge is 0.455 e. The third-order valence-corrected chi connectivity index (χ3v) is 6.43. The van der Waals surface area contributed by atoms with Crippen LogP contribution in [0.3, 0.4) is 0 Å². The van der Waals surface area contributed by atoms with Gasteiger partial charge in [-0.25, -0.2) is 5.43 Å². The van der Waals surface area contributed by atoms with Gasteiger partial charge in [-0.05, 0) is 67.3 Å². The lowest BCUT2D eigenvalue weighted by atomic mass is 9.93. The lowest BCUT2D eigenvalue weighted by Crippen LogP contribution is -2.22. The molecule has 2 amide bonds. The SMILES string of the molecule is Cc1c(C(=O)Nc2ccc(Cl)cc2)oc2c1/C(=N/NC(=O)c1ccc(-c3ccccc3)cc1)CCC2. The van der Waals surface area contributed by atoms with E-state index in [1.54, 1.807) is 36.4 Å². The van der Waals surface area contributed by atoms with Crippen LogP contribution in [0.5, 0.6) is 0 Å². The molecule has 5 rings (SSSR count). The highest BCUT2D eigenvalue weighted by Crippen LogP contribution is 2.30. The molecule has 0 fully saturated rings. The van der Waals surface area contributed by atoms with Crippen molar-refractivity contribution in [2.24, 2.45) is 5.10 Å². The fourth-order valence-electron chi connectivity index (χ4n) is 4.35. The van der Waals surface area contributed by atoms with E-state index in [4.69, 9.17) is 16.0 Å². The van der Waals surface area contributed by atoms with E-state index in [0.29, 0.717) is 46.2 Å². The quantitative estimate of drug-likeness (QED) is 0.303. The first kappa shape index (κ1) is 23.6. The van der Waals surface area contributed by atoms with Crippen LogP contribution in [0.1, 0.15) is 50.6 Å². The summed E-state index contributed by atoms with van der Waals surface area (Å²) in [6, 6.07) is 24.3. The summed E-state index contributed by atoms with van der Waals surface area (Å²) in [5, 5.41) is 7.85. The smallest absolute Gasteiger partial charge is 0.291 e. The molecule has 1 aliphatic rings. The molecule has 1 aliphatic carbocycles. The van der Waals surface area contributed by atoms with Crippen molar-refractivity contribution in [2.75, 3.05) is 5.32 Å². The zero-order chi connectivity index (χ0) is 25.1. The summed E-state index contributed by atoms with van der Waals surface area (Å²) in [5.74, 6) is 0.315. The molecular formula is C29H24ClN3O3. The zero-order valence-corrected chi connectivity index (χ0v) is 20.4. The highest BCUT2D eigenvalue weighted by molar-refractivity contribution is 6.30. The first-order valence-electron chi connectivity index (χ1n) is 11.7. The molecule has 180 valence electrons. The number of carbonyl (C=O) groups excluding carboxylic acids is 2. The summed E-state index contributed by atoms with van der Waals surface area (Å²) in [7, 11) is 0. The molecule has 36 heavy (non-hydrogen) atoms. The molecule has 0 unspecified atom stereocenters. The molecule has 0 radical (unpaired) electrons. The molecule has 4 aromatic rings. The number of rotatable bonds is 5. The van der Waals surface area contributed by atoms with Crippen molar-refractivity contribution in [2.45, 2.75) is 26.2 Å². The van der Waals surface area contributed by atoms with Gasteiger partial charge >= 0.3 is 0 Å². The molecule has 0 bridgehead atoms. The fraction of sp³-hybridized carbons (Fsp3) is 0.138. The second-order valence-corrected chi connectivity index (χ2v) is 9.05. The number of furan rings is 1. The molecule has 2 N–H and O–H groups in total. The number of hydrogen-bond acceptors (Lipinski definition) is 4. The number of anilines is 1. The molecule has 1 aromatic heterocycles. The Morgan fingerprint density at radius 3 is 2.28 bits per heavy atom. The molecular weight excluding hydrogens is 474 g/mol. The minimum atomic E-state index is -0.342. The van der Waals surface area contributed by atoms with Gasteiger partial charge in [0, 0.05) is 33.8 Å². The topological polar surface area (TPSA) is 83.7 Å². The van der Waals surface area contributed by atoms with Crippen molar-refractivity contribution < 1.29 is 14.0 Å². The standard InChI is InChI=1S/C29H24ClN3O3/c1-18-26-24(32-33-28(34)21-12-10-20(11-13-21)19-6-3-2-4-7-19)8-5-9-25(26)36-27(18)29(35)31-23-16-14-22(30)15-17-23/h2-4,6-7,10-17H,5,8-9H2,1H3,(H,31,35)(H,33,34)/b32-24+. The number of amides is 2. The number of fused-ring (bicyclic) bond motifs is 1. The Hall–Kier alpha value is -4.16. The number of hydrazone groups is 1. The van der Waals surface area contributed by atoms with Crippen molar-refractivity contribution >= 4 is 34.8 Å². The van der Waals surface area contributed by atoms with Crippen molar-refractivity contribution in [3.05, 3.63) is 112 Å². The normalized spacial score (nSPS) is 13.8. The summed E-state index contributed by atoms with van der Waals surface area (Å²) in [6.07, 6.45) is 2.20. The second kappa shape index (κ2) is 10.2. The maximum Gasteiger partial charge on any atom is 0.291 e. The number of aryl methyl sites for hydroxylation is 1. The number of nitrogens with zero attached hydrogens (tertiary/aromatic N) is 1. The van der Waals surface area contributed by atoms with Crippen molar-refractivity contribution in [1.29, 1.82) is 0 Å². The number of hydrogen-bond donors (Lipinski definition) is 2. The zero-order valence-electron chi connectivity index (χ0n) is 19.7. The minimum absolute atomic E-state index is 0.243. The van der Waals surface area contributed by atoms with E-state index < -0.39 is 0 Å². The van der Waals surface area contributed by atoms with Crippen LogP contribution in [-0.4, -0.2) is 17.5 Å². The van der Waals surface area contributed by atoms with Crippen LogP contribution in [0.15, 0.2) is 88.4 Å². The maximum absolute atomic E-state index is 12.9. The van der Waals surface area contributed by atoms with Gasteiger partial charge in [0.1, 0.15) is 5.76 Å². The van der Waals surface area contributed by atoms with E-state index in [1.807, 2.05) is 49.4 Å². The Morgan fingerprint density at radius 1 is 0.861 bits per heavy atom. The van der Waals surface area contributed by atoms with Crippen LogP contribution in [0.25, 0.3) is 11.1 Å². The van der Waals surface area contributed by atoms with Crippen LogP contribution >= 0.6 is 11.6 Å². The van der Waals surface area contributed by atoms with E-state index in [0.717, 1.165) is 23.1 Å². The van der Waals surface area contributed by atoms with Crippen LogP contribution in [-0.2, 0) is 6.42 Å². The van der Waals surface area contributed by atoms with E-state index in [2.05, 4.69) is 15.8 Å². The predicted octanol–water partition coefficient (Wildman–Crippen LogP) is 6.63. The molecule has 6 nitrogen and oxygen atoms in total. The highest BCUT2D eigenvalue weighted by atomic mass is 35.5. The van der Waals surface area contributed by atoms with Crippen molar-refractivity contribution in [1.82, 2.24) is 5.43 Å². The third-order valence-electron chi connectivity index (χ3n) is 6.18. The van der Waals surface area contributed by atoms with Gasteiger partial charge in [-0.3, -0.25) is 9.59 Å². The van der Waals surface area contributed by atoms with Gasteiger partial charge in [-0.2, -0.15) is 5.10 Å². The Balaban J connectivity index is 1.32. The maximum atomic E-state index is 12.9. The van der Waals surface area contributed by atoms with Crippen LogP contribution in [0.2, 0.25) is 5.02 Å². The first-order chi connectivity index (χ1) is 17.5. The molecule has 0 saturated heterocycles. The monoisotopic (exact) mass is 497 g/mol. The van der Waals surface area contributed by atoms with E-state index in [1.165, 1.54) is 0 Å². The molecule has 0 aliphatic heterocycles. The fourth-order valence-corrected chi connectivity index (χ4v) is 4.47. The lowest BCUT2D eigenvalue weighted by Gasteiger charge is -2.13. The summed E-state index contributed by atoms with van der Waals surface area (Å²) in [4.78, 5) is 25.6. The van der Waals surface area contributed by atoms with Gasteiger partial charge < -0.3 is 9.73 Å². The average molecular weight is 498 g/mol. The molecule has 7 heteroatoms. The Kier molecular flexibility index (Phi) is 6.69. The van der Waals surface area contributed by atoms with Gasteiger partial charge in [-0.1, -0.05) is 54.1 Å².